The minimum absolute atomic E-state index is 0.431. The van der Waals surface area contributed by atoms with E-state index in [2.05, 4.69) is 10.1 Å². The minimum atomic E-state index is -0.575. The van der Waals surface area contributed by atoms with Gasteiger partial charge in [0.1, 0.15) is 6.10 Å². The smallest absolute Gasteiger partial charge is 0.229 e. The van der Waals surface area contributed by atoms with Crippen LogP contribution < -0.4 is 0 Å². The fourth-order valence-electron chi connectivity index (χ4n) is 1.90. The van der Waals surface area contributed by atoms with Crippen molar-refractivity contribution in [3.05, 3.63) is 11.7 Å². The van der Waals surface area contributed by atoms with Crippen LogP contribution in [0.1, 0.15) is 62.8 Å². The van der Waals surface area contributed by atoms with Gasteiger partial charge in [0.2, 0.25) is 5.89 Å². The van der Waals surface area contributed by atoms with Gasteiger partial charge in [-0.15, -0.1) is 0 Å². The largest absolute Gasteiger partial charge is 0.385 e. The Kier molecular flexibility index (Phi) is 2.82. The lowest BCUT2D eigenvalue weighted by molar-refractivity contribution is 0.159. The maximum Gasteiger partial charge on any atom is 0.229 e. The lowest BCUT2D eigenvalue weighted by Crippen LogP contribution is -1.99. The molecule has 0 saturated heterocycles. The summed E-state index contributed by atoms with van der Waals surface area (Å²) in [5.74, 6) is 1.58. The van der Waals surface area contributed by atoms with E-state index in [-0.39, 0.29) is 0 Å². The molecule has 0 spiro atoms. The maximum atomic E-state index is 9.50. The van der Waals surface area contributed by atoms with Gasteiger partial charge in [0.15, 0.2) is 5.82 Å². The third-order valence-electron chi connectivity index (χ3n) is 2.85. The molecule has 1 aliphatic carbocycles. The van der Waals surface area contributed by atoms with E-state index in [4.69, 9.17) is 4.52 Å². The summed E-state index contributed by atoms with van der Waals surface area (Å²) in [7, 11) is 0. The minimum Gasteiger partial charge on any atom is -0.385 e. The summed E-state index contributed by atoms with van der Waals surface area (Å²) in [6.07, 6.45) is 4.84. The zero-order valence-electron chi connectivity index (χ0n) is 8.44. The van der Waals surface area contributed by atoms with E-state index in [0.717, 1.165) is 12.8 Å². The number of aromatic nitrogens is 2. The number of hydrogen-bond donors (Lipinski definition) is 1. The zero-order chi connectivity index (χ0) is 9.97. The van der Waals surface area contributed by atoms with E-state index in [1.54, 1.807) is 0 Å². The third-order valence-corrected chi connectivity index (χ3v) is 2.85. The van der Waals surface area contributed by atoms with Crippen molar-refractivity contribution in [1.82, 2.24) is 10.1 Å². The number of nitrogens with zero attached hydrogens (tertiary/aromatic N) is 2. The van der Waals surface area contributed by atoms with Crippen LogP contribution in [0.3, 0.4) is 0 Å². The standard InChI is InChI=1S/C10H16N2O2/c1-2-8(13)9-11-10(14-12-9)7-5-3-4-6-7/h7-8,13H,2-6H2,1H3. The SMILES string of the molecule is CCC(O)c1noc(C2CCCC2)n1. The molecule has 1 atom stereocenters. The molecule has 1 aromatic rings. The van der Waals surface area contributed by atoms with Gasteiger partial charge in [-0.25, -0.2) is 0 Å². The second-order valence-corrected chi connectivity index (χ2v) is 3.90. The molecule has 14 heavy (non-hydrogen) atoms. The van der Waals surface area contributed by atoms with E-state index >= 15 is 0 Å². The van der Waals surface area contributed by atoms with Crippen molar-refractivity contribution < 1.29 is 9.63 Å². The molecule has 0 bridgehead atoms. The molecule has 1 aromatic heterocycles. The second kappa shape index (κ2) is 4.09. The average molecular weight is 196 g/mol. The van der Waals surface area contributed by atoms with Gasteiger partial charge in [-0.1, -0.05) is 24.9 Å². The molecule has 78 valence electrons. The van der Waals surface area contributed by atoms with Gasteiger partial charge in [0.25, 0.3) is 0 Å². The summed E-state index contributed by atoms with van der Waals surface area (Å²) in [4.78, 5) is 4.24. The summed E-state index contributed by atoms with van der Waals surface area (Å²) in [5, 5.41) is 13.3. The van der Waals surface area contributed by atoms with Crippen molar-refractivity contribution in [3.8, 4) is 0 Å². The fourth-order valence-corrected chi connectivity index (χ4v) is 1.90. The van der Waals surface area contributed by atoms with Crippen molar-refractivity contribution in [3.63, 3.8) is 0 Å². The van der Waals surface area contributed by atoms with E-state index in [9.17, 15) is 5.11 Å². The molecule has 4 heteroatoms. The number of rotatable bonds is 3. The van der Waals surface area contributed by atoms with Crippen molar-refractivity contribution in [1.29, 1.82) is 0 Å². The highest BCUT2D eigenvalue weighted by Gasteiger charge is 2.24. The van der Waals surface area contributed by atoms with Gasteiger partial charge in [0, 0.05) is 5.92 Å². The molecule has 1 unspecified atom stereocenters. The van der Waals surface area contributed by atoms with E-state index < -0.39 is 6.10 Å². The summed E-state index contributed by atoms with van der Waals surface area (Å²) in [6, 6.07) is 0. The normalized spacial score (nSPS) is 20.1. The van der Waals surface area contributed by atoms with Crippen LogP contribution in [0.4, 0.5) is 0 Å². The molecule has 1 aliphatic rings. The first kappa shape index (κ1) is 9.65. The van der Waals surface area contributed by atoms with Gasteiger partial charge < -0.3 is 9.63 Å². The van der Waals surface area contributed by atoms with Crippen molar-refractivity contribution in [2.45, 2.75) is 51.0 Å². The molecule has 1 saturated carbocycles. The Morgan fingerprint density at radius 1 is 1.50 bits per heavy atom. The molecular weight excluding hydrogens is 180 g/mol. The summed E-state index contributed by atoms with van der Waals surface area (Å²) in [5.41, 5.74) is 0. The van der Waals surface area contributed by atoms with Gasteiger partial charge in [-0.05, 0) is 19.3 Å². The third kappa shape index (κ3) is 1.80. The highest BCUT2D eigenvalue weighted by Crippen LogP contribution is 2.33. The molecule has 1 fully saturated rings. The fraction of sp³-hybridized carbons (Fsp3) is 0.800. The predicted molar refractivity (Wildman–Crippen MR) is 50.8 cm³/mol. The average Bonchev–Trinajstić information content (AvgIpc) is 2.86. The highest BCUT2D eigenvalue weighted by molar-refractivity contribution is 4.97. The summed E-state index contributed by atoms with van der Waals surface area (Å²) >= 11 is 0. The second-order valence-electron chi connectivity index (χ2n) is 3.90. The van der Waals surface area contributed by atoms with Crippen LogP contribution in [0.5, 0.6) is 0 Å². The Morgan fingerprint density at radius 2 is 2.21 bits per heavy atom. The Morgan fingerprint density at radius 3 is 2.86 bits per heavy atom. The van der Waals surface area contributed by atoms with Crippen LogP contribution in [-0.4, -0.2) is 15.2 Å². The highest BCUT2D eigenvalue weighted by atomic mass is 16.5. The summed E-state index contributed by atoms with van der Waals surface area (Å²) < 4.78 is 5.15. The van der Waals surface area contributed by atoms with Gasteiger partial charge >= 0.3 is 0 Å². The van der Waals surface area contributed by atoms with Gasteiger partial charge in [-0.2, -0.15) is 4.98 Å². The predicted octanol–water partition coefficient (Wildman–Crippen LogP) is 2.17. The maximum absolute atomic E-state index is 9.50. The lowest BCUT2D eigenvalue weighted by atomic mass is 10.1. The molecule has 2 rings (SSSR count). The molecule has 0 aliphatic heterocycles. The first-order valence-electron chi connectivity index (χ1n) is 5.32. The van der Waals surface area contributed by atoms with Gasteiger partial charge in [0.05, 0.1) is 0 Å². The Bertz CT molecular complexity index is 292. The molecular formula is C10H16N2O2. The van der Waals surface area contributed by atoms with Crippen molar-refractivity contribution >= 4 is 0 Å². The van der Waals surface area contributed by atoms with E-state index in [1.807, 2.05) is 6.92 Å². The number of hydrogen-bond acceptors (Lipinski definition) is 4. The first-order valence-corrected chi connectivity index (χ1v) is 5.32. The van der Waals surface area contributed by atoms with Crippen LogP contribution in [-0.2, 0) is 0 Å². The lowest BCUT2D eigenvalue weighted by Gasteiger charge is -2.00. The van der Waals surface area contributed by atoms with Crippen LogP contribution in [0.25, 0.3) is 0 Å². The topological polar surface area (TPSA) is 59.2 Å². The molecule has 0 amide bonds. The van der Waals surface area contributed by atoms with E-state index in [0.29, 0.717) is 24.1 Å². The van der Waals surface area contributed by atoms with Crippen LogP contribution in [0, 0.1) is 0 Å². The zero-order valence-corrected chi connectivity index (χ0v) is 8.44. The van der Waals surface area contributed by atoms with Crippen LogP contribution in [0.2, 0.25) is 0 Å². The summed E-state index contributed by atoms with van der Waals surface area (Å²) in [6.45, 7) is 1.90. The van der Waals surface area contributed by atoms with Crippen molar-refractivity contribution in [2.75, 3.05) is 0 Å². The van der Waals surface area contributed by atoms with Crippen LogP contribution in [0.15, 0.2) is 4.52 Å². The molecule has 4 nitrogen and oxygen atoms in total. The number of aliphatic hydroxyl groups excluding tert-OH is 1. The van der Waals surface area contributed by atoms with Crippen LogP contribution >= 0.6 is 0 Å². The first-order chi connectivity index (χ1) is 6.81. The van der Waals surface area contributed by atoms with Crippen molar-refractivity contribution in [2.24, 2.45) is 0 Å². The molecule has 1 N–H and O–H groups in total. The Balaban J connectivity index is 2.08. The molecule has 1 heterocycles. The number of aliphatic hydroxyl groups is 1. The monoisotopic (exact) mass is 196 g/mol. The Labute approximate surface area is 83.3 Å². The van der Waals surface area contributed by atoms with Gasteiger partial charge in [-0.3, -0.25) is 0 Å². The molecule has 0 aromatic carbocycles. The Hall–Kier alpha value is -0.900. The quantitative estimate of drug-likeness (QED) is 0.804. The molecule has 0 radical (unpaired) electrons. The van der Waals surface area contributed by atoms with E-state index in [1.165, 1.54) is 12.8 Å².